The SMILES string of the molecule is COc1cc(-c2[nH]c3ccc(C4CCN(C5CCOCC5)CC4)cc3c2C(C)C)ccn1. The number of benzene rings is 1. The van der Waals surface area contributed by atoms with Gasteiger partial charge in [-0.1, -0.05) is 19.9 Å². The zero-order chi connectivity index (χ0) is 22.1. The minimum Gasteiger partial charge on any atom is -0.481 e. The quantitative estimate of drug-likeness (QED) is 0.559. The highest BCUT2D eigenvalue weighted by molar-refractivity contribution is 5.92. The number of pyridine rings is 1. The fraction of sp³-hybridized carbons (Fsp3) is 0.519. The Morgan fingerprint density at radius 2 is 1.84 bits per heavy atom. The molecular weight excluding hydrogens is 398 g/mol. The molecule has 5 nitrogen and oxygen atoms in total. The van der Waals surface area contributed by atoms with Crippen LogP contribution >= 0.6 is 0 Å². The summed E-state index contributed by atoms with van der Waals surface area (Å²) in [6.07, 6.45) is 6.71. The van der Waals surface area contributed by atoms with Gasteiger partial charge in [-0.25, -0.2) is 4.98 Å². The zero-order valence-electron chi connectivity index (χ0n) is 19.6. The first-order valence-corrected chi connectivity index (χ1v) is 12.1. The third-order valence-corrected chi connectivity index (χ3v) is 7.38. The number of ether oxygens (including phenoxy) is 2. The molecule has 3 aromatic rings. The molecule has 32 heavy (non-hydrogen) atoms. The van der Waals surface area contributed by atoms with Crippen molar-refractivity contribution in [2.75, 3.05) is 33.4 Å². The zero-order valence-corrected chi connectivity index (χ0v) is 19.6. The van der Waals surface area contributed by atoms with Gasteiger partial charge in [-0.05, 0) is 79.9 Å². The predicted octanol–water partition coefficient (Wildman–Crippen LogP) is 5.72. The lowest BCUT2D eigenvalue weighted by Gasteiger charge is -2.39. The summed E-state index contributed by atoms with van der Waals surface area (Å²) < 4.78 is 10.9. The number of fused-ring (bicyclic) bond motifs is 1. The van der Waals surface area contributed by atoms with E-state index in [0.717, 1.165) is 24.8 Å². The lowest BCUT2D eigenvalue weighted by molar-refractivity contribution is 0.0252. The van der Waals surface area contributed by atoms with Crippen molar-refractivity contribution < 1.29 is 9.47 Å². The van der Waals surface area contributed by atoms with E-state index in [0.29, 0.717) is 17.7 Å². The molecule has 5 rings (SSSR count). The number of hydrogen-bond donors (Lipinski definition) is 1. The Morgan fingerprint density at radius 1 is 1.06 bits per heavy atom. The Labute approximate surface area is 191 Å². The predicted molar refractivity (Wildman–Crippen MR) is 130 cm³/mol. The minimum atomic E-state index is 0.420. The first-order chi connectivity index (χ1) is 15.6. The molecule has 0 amide bonds. The summed E-state index contributed by atoms with van der Waals surface area (Å²) in [6.45, 7) is 8.84. The molecular formula is C27H35N3O2. The lowest BCUT2D eigenvalue weighted by Crippen LogP contribution is -2.43. The van der Waals surface area contributed by atoms with E-state index in [1.54, 1.807) is 7.11 Å². The smallest absolute Gasteiger partial charge is 0.213 e. The monoisotopic (exact) mass is 433 g/mol. The average molecular weight is 434 g/mol. The van der Waals surface area contributed by atoms with Crippen LogP contribution in [0.5, 0.6) is 5.88 Å². The van der Waals surface area contributed by atoms with Gasteiger partial charge in [-0.15, -0.1) is 0 Å². The number of aromatic nitrogens is 2. The van der Waals surface area contributed by atoms with Gasteiger partial charge in [0.1, 0.15) is 0 Å². The van der Waals surface area contributed by atoms with Gasteiger partial charge in [0, 0.05) is 48.0 Å². The van der Waals surface area contributed by atoms with Crippen molar-refractivity contribution >= 4 is 10.9 Å². The topological polar surface area (TPSA) is 50.4 Å². The summed E-state index contributed by atoms with van der Waals surface area (Å²) in [4.78, 5) is 10.7. The van der Waals surface area contributed by atoms with Gasteiger partial charge < -0.3 is 19.4 Å². The third kappa shape index (κ3) is 4.16. The molecule has 1 N–H and O–H groups in total. The van der Waals surface area contributed by atoms with Gasteiger partial charge in [0.05, 0.1) is 12.8 Å². The second-order valence-corrected chi connectivity index (χ2v) is 9.61. The number of aromatic amines is 1. The summed E-state index contributed by atoms with van der Waals surface area (Å²) in [6, 6.07) is 11.9. The van der Waals surface area contributed by atoms with Gasteiger partial charge in [-0.3, -0.25) is 0 Å². The fourth-order valence-electron chi connectivity index (χ4n) is 5.64. The van der Waals surface area contributed by atoms with E-state index in [-0.39, 0.29) is 0 Å². The largest absolute Gasteiger partial charge is 0.481 e. The first-order valence-electron chi connectivity index (χ1n) is 12.1. The molecule has 0 unspecified atom stereocenters. The van der Waals surface area contributed by atoms with E-state index in [2.05, 4.69) is 53.0 Å². The van der Waals surface area contributed by atoms with Crippen molar-refractivity contribution in [3.8, 4) is 17.1 Å². The maximum absolute atomic E-state index is 5.56. The number of hydrogen-bond acceptors (Lipinski definition) is 4. The molecule has 0 saturated carbocycles. The van der Waals surface area contributed by atoms with Gasteiger partial charge >= 0.3 is 0 Å². The van der Waals surface area contributed by atoms with E-state index < -0.39 is 0 Å². The summed E-state index contributed by atoms with van der Waals surface area (Å²) >= 11 is 0. The van der Waals surface area contributed by atoms with Crippen molar-refractivity contribution in [3.63, 3.8) is 0 Å². The van der Waals surface area contributed by atoms with Crippen molar-refractivity contribution in [1.29, 1.82) is 0 Å². The number of H-pyrrole nitrogens is 1. The molecule has 0 atom stereocenters. The second kappa shape index (κ2) is 9.24. The molecule has 0 bridgehead atoms. The highest BCUT2D eigenvalue weighted by Gasteiger charge is 2.27. The first kappa shape index (κ1) is 21.5. The van der Waals surface area contributed by atoms with Crippen LogP contribution in [0.2, 0.25) is 0 Å². The standard InChI is InChI=1S/C27H35N3O2/c1-18(2)26-23-16-20(19-7-12-30(13-8-19)22-9-14-32-15-10-22)4-5-24(23)29-27(26)21-6-11-28-25(17-21)31-3/h4-6,11,16-19,22,29H,7-10,12-15H2,1-3H3. The van der Waals surface area contributed by atoms with Crippen LogP contribution in [0.1, 0.15) is 62.5 Å². The summed E-state index contributed by atoms with van der Waals surface area (Å²) in [7, 11) is 1.67. The average Bonchev–Trinajstić information content (AvgIpc) is 3.24. The Kier molecular flexibility index (Phi) is 6.20. The number of piperidine rings is 1. The number of likely N-dealkylation sites (tertiary alicyclic amines) is 1. The van der Waals surface area contributed by atoms with Crippen molar-refractivity contribution in [3.05, 3.63) is 47.7 Å². The molecule has 0 radical (unpaired) electrons. The van der Waals surface area contributed by atoms with Crippen LogP contribution in [0, 0.1) is 0 Å². The number of methoxy groups -OCH3 is 1. The molecule has 0 spiro atoms. The van der Waals surface area contributed by atoms with Gasteiger partial charge in [0.15, 0.2) is 0 Å². The number of nitrogens with zero attached hydrogens (tertiary/aromatic N) is 2. The summed E-state index contributed by atoms with van der Waals surface area (Å²) in [5.74, 6) is 1.71. The van der Waals surface area contributed by atoms with Gasteiger partial charge in [-0.2, -0.15) is 0 Å². The van der Waals surface area contributed by atoms with Crippen LogP contribution in [-0.2, 0) is 4.74 Å². The van der Waals surface area contributed by atoms with Crippen molar-refractivity contribution in [1.82, 2.24) is 14.9 Å². The molecule has 2 aliphatic heterocycles. The number of nitrogens with one attached hydrogen (secondary N) is 1. The van der Waals surface area contributed by atoms with Crippen molar-refractivity contribution in [2.24, 2.45) is 0 Å². The maximum Gasteiger partial charge on any atom is 0.213 e. The molecule has 2 aromatic heterocycles. The molecule has 2 aliphatic rings. The lowest BCUT2D eigenvalue weighted by atomic mass is 9.86. The van der Waals surface area contributed by atoms with Crippen LogP contribution < -0.4 is 4.74 Å². The third-order valence-electron chi connectivity index (χ3n) is 7.38. The van der Waals surface area contributed by atoms with Gasteiger partial charge in [0.25, 0.3) is 0 Å². The minimum absolute atomic E-state index is 0.420. The highest BCUT2D eigenvalue weighted by Crippen LogP contribution is 2.39. The summed E-state index contributed by atoms with van der Waals surface area (Å²) in [5, 5.41) is 1.36. The van der Waals surface area contributed by atoms with Gasteiger partial charge in [0.2, 0.25) is 5.88 Å². The maximum atomic E-state index is 5.56. The molecule has 170 valence electrons. The Bertz CT molecular complexity index is 1060. The molecule has 4 heterocycles. The molecule has 2 saturated heterocycles. The van der Waals surface area contributed by atoms with E-state index in [1.807, 2.05) is 12.3 Å². The normalized spacial score (nSPS) is 19.1. The van der Waals surface area contributed by atoms with Crippen LogP contribution in [0.3, 0.4) is 0 Å². The highest BCUT2D eigenvalue weighted by atomic mass is 16.5. The van der Waals surface area contributed by atoms with E-state index in [4.69, 9.17) is 9.47 Å². The Balaban J connectivity index is 1.42. The second-order valence-electron chi connectivity index (χ2n) is 9.61. The molecule has 2 fully saturated rings. The molecule has 0 aliphatic carbocycles. The van der Waals surface area contributed by atoms with E-state index in [1.165, 1.54) is 66.5 Å². The van der Waals surface area contributed by atoms with Crippen LogP contribution in [-0.4, -0.2) is 54.3 Å². The van der Waals surface area contributed by atoms with Crippen LogP contribution in [0.4, 0.5) is 0 Å². The van der Waals surface area contributed by atoms with Crippen LogP contribution in [0.15, 0.2) is 36.5 Å². The molecule has 5 heteroatoms. The van der Waals surface area contributed by atoms with E-state index >= 15 is 0 Å². The molecule has 1 aromatic carbocycles. The number of rotatable bonds is 5. The fourth-order valence-corrected chi connectivity index (χ4v) is 5.64. The Hall–Kier alpha value is -2.37. The summed E-state index contributed by atoms with van der Waals surface area (Å²) in [5.41, 5.74) is 6.40. The van der Waals surface area contributed by atoms with Crippen LogP contribution in [0.25, 0.3) is 22.2 Å². The van der Waals surface area contributed by atoms with E-state index in [9.17, 15) is 0 Å². The van der Waals surface area contributed by atoms with Crippen molar-refractivity contribution in [2.45, 2.75) is 57.4 Å². The Morgan fingerprint density at radius 3 is 2.56 bits per heavy atom.